The number of carbonyl (C=O) groups excluding carboxylic acids is 2. The van der Waals surface area contributed by atoms with Gasteiger partial charge in [-0.2, -0.15) is 0 Å². The molecule has 1 fully saturated rings. The number of anilines is 2. The second-order valence-electron chi connectivity index (χ2n) is 8.80. The first-order valence-electron chi connectivity index (χ1n) is 12.0. The summed E-state index contributed by atoms with van der Waals surface area (Å²) in [5.74, 6) is 2.09. The third kappa shape index (κ3) is 4.53. The molecule has 0 aliphatic carbocycles. The summed E-state index contributed by atoms with van der Waals surface area (Å²) >= 11 is 0. The highest BCUT2D eigenvalue weighted by atomic mass is 16.5. The summed E-state index contributed by atoms with van der Waals surface area (Å²) in [5.41, 5.74) is 2.47. The SMILES string of the molecule is CCOc1ccc(N2CC(C(=O)Nc3ccc(-c4nnc5n4CCCCC5)cc3)CC2=O)cc1. The van der Waals surface area contributed by atoms with Crippen LogP contribution in [0.15, 0.2) is 48.5 Å². The van der Waals surface area contributed by atoms with Crippen LogP contribution in [0.3, 0.4) is 0 Å². The lowest BCUT2D eigenvalue weighted by Gasteiger charge is -2.17. The summed E-state index contributed by atoms with van der Waals surface area (Å²) in [7, 11) is 0. The zero-order valence-electron chi connectivity index (χ0n) is 19.4. The van der Waals surface area contributed by atoms with E-state index in [2.05, 4.69) is 20.1 Å². The maximum atomic E-state index is 12.9. The van der Waals surface area contributed by atoms with E-state index in [9.17, 15) is 9.59 Å². The molecule has 2 aliphatic heterocycles. The van der Waals surface area contributed by atoms with Crippen LogP contribution in [0.25, 0.3) is 11.4 Å². The molecule has 1 saturated heterocycles. The van der Waals surface area contributed by atoms with Crippen LogP contribution in [0.2, 0.25) is 0 Å². The second-order valence-corrected chi connectivity index (χ2v) is 8.80. The van der Waals surface area contributed by atoms with Gasteiger partial charge in [-0.15, -0.1) is 10.2 Å². The van der Waals surface area contributed by atoms with Crippen molar-refractivity contribution in [3.8, 4) is 17.1 Å². The Balaban J connectivity index is 1.23. The number of fused-ring (bicyclic) bond motifs is 1. The summed E-state index contributed by atoms with van der Waals surface area (Å²) < 4.78 is 7.67. The second kappa shape index (κ2) is 9.67. The van der Waals surface area contributed by atoms with Crippen LogP contribution in [0.1, 0.15) is 38.4 Å². The Labute approximate surface area is 198 Å². The minimum atomic E-state index is -0.397. The Morgan fingerprint density at radius 2 is 1.85 bits per heavy atom. The minimum Gasteiger partial charge on any atom is -0.494 e. The first kappa shape index (κ1) is 22.1. The standard InChI is InChI=1S/C26H29N5O3/c1-2-34-22-13-11-21(12-14-22)31-17-19(16-24(31)32)26(33)27-20-9-7-18(8-10-20)25-29-28-23-6-4-3-5-15-30(23)25/h7-14,19H,2-6,15-17H2,1H3,(H,27,33). The number of carbonyl (C=O) groups is 2. The van der Waals surface area contributed by atoms with Crippen LogP contribution >= 0.6 is 0 Å². The van der Waals surface area contributed by atoms with E-state index >= 15 is 0 Å². The average molecular weight is 460 g/mol. The molecule has 1 unspecified atom stereocenters. The number of rotatable bonds is 6. The third-order valence-corrected chi connectivity index (χ3v) is 6.48. The molecule has 1 aromatic heterocycles. The van der Waals surface area contributed by atoms with Gasteiger partial charge in [-0.3, -0.25) is 9.59 Å². The van der Waals surface area contributed by atoms with Gasteiger partial charge in [-0.1, -0.05) is 6.42 Å². The lowest BCUT2D eigenvalue weighted by Crippen LogP contribution is -2.28. The van der Waals surface area contributed by atoms with Gasteiger partial charge in [0, 0.05) is 42.9 Å². The largest absolute Gasteiger partial charge is 0.494 e. The Morgan fingerprint density at radius 3 is 2.62 bits per heavy atom. The van der Waals surface area contributed by atoms with Crippen molar-refractivity contribution in [2.24, 2.45) is 5.92 Å². The van der Waals surface area contributed by atoms with Gasteiger partial charge < -0.3 is 19.5 Å². The van der Waals surface area contributed by atoms with E-state index in [-0.39, 0.29) is 18.2 Å². The van der Waals surface area contributed by atoms with Crippen molar-refractivity contribution in [1.29, 1.82) is 0 Å². The minimum absolute atomic E-state index is 0.0489. The molecule has 2 amide bonds. The van der Waals surface area contributed by atoms with Crippen molar-refractivity contribution in [1.82, 2.24) is 14.8 Å². The summed E-state index contributed by atoms with van der Waals surface area (Å²) in [6, 6.07) is 15.1. The lowest BCUT2D eigenvalue weighted by molar-refractivity contribution is -0.122. The monoisotopic (exact) mass is 459 g/mol. The van der Waals surface area contributed by atoms with E-state index in [1.807, 2.05) is 55.5 Å². The van der Waals surface area contributed by atoms with Crippen LogP contribution in [-0.2, 0) is 22.6 Å². The van der Waals surface area contributed by atoms with Crippen molar-refractivity contribution < 1.29 is 14.3 Å². The first-order valence-corrected chi connectivity index (χ1v) is 12.0. The van der Waals surface area contributed by atoms with E-state index in [0.717, 1.165) is 54.5 Å². The number of benzene rings is 2. The van der Waals surface area contributed by atoms with Gasteiger partial charge in [0.25, 0.3) is 0 Å². The van der Waals surface area contributed by atoms with Gasteiger partial charge in [0.15, 0.2) is 5.82 Å². The summed E-state index contributed by atoms with van der Waals surface area (Å²) in [6.07, 6.45) is 4.67. The number of hydrogen-bond donors (Lipinski definition) is 1. The number of nitrogens with one attached hydrogen (secondary N) is 1. The van der Waals surface area contributed by atoms with E-state index in [4.69, 9.17) is 4.74 Å². The van der Waals surface area contributed by atoms with Crippen molar-refractivity contribution in [3.05, 3.63) is 54.4 Å². The smallest absolute Gasteiger partial charge is 0.229 e. The molecule has 0 radical (unpaired) electrons. The normalized spacial score (nSPS) is 17.9. The maximum Gasteiger partial charge on any atom is 0.229 e. The van der Waals surface area contributed by atoms with Gasteiger partial charge in [0.1, 0.15) is 11.6 Å². The molecule has 3 heterocycles. The Bertz CT molecular complexity index is 1170. The van der Waals surface area contributed by atoms with Crippen molar-refractivity contribution in [2.45, 2.75) is 45.6 Å². The molecule has 5 rings (SSSR count). The van der Waals surface area contributed by atoms with Crippen LogP contribution in [0.5, 0.6) is 5.75 Å². The molecule has 1 N–H and O–H groups in total. The molecule has 0 saturated carbocycles. The van der Waals surface area contributed by atoms with E-state index < -0.39 is 5.92 Å². The van der Waals surface area contributed by atoms with Crippen LogP contribution in [-0.4, -0.2) is 39.7 Å². The summed E-state index contributed by atoms with van der Waals surface area (Å²) in [5, 5.41) is 11.7. The Kier molecular flexibility index (Phi) is 6.29. The quantitative estimate of drug-likeness (QED) is 0.600. The van der Waals surface area contributed by atoms with Gasteiger partial charge in [0.05, 0.1) is 12.5 Å². The Morgan fingerprint density at radius 1 is 1.06 bits per heavy atom. The molecule has 2 aliphatic rings. The summed E-state index contributed by atoms with van der Waals surface area (Å²) in [4.78, 5) is 27.1. The number of amides is 2. The van der Waals surface area contributed by atoms with Crippen molar-refractivity contribution >= 4 is 23.2 Å². The lowest BCUT2D eigenvalue weighted by atomic mass is 10.1. The van der Waals surface area contributed by atoms with Gasteiger partial charge in [-0.25, -0.2) is 0 Å². The number of aromatic nitrogens is 3. The first-order chi connectivity index (χ1) is 16.6. The molecule has 8 nitrogen and oxygen atoms in total. The van der Waals surface area contributed by atoms with Gasteiger partial charge in [-0.05, 0) is 68.3 Å². The molecule has 3 aromatic rings. The van der Waals surface area contributed by atoms with Crippen LogP contribution in [0, 0.1) is 5.92 Å². The number of nitrogens with zero attached hydrogens (tertiary/aromatic N) is 4. The van der Waals surface area contributed by atoms with E-state index in [0.29, 0.717) is 18.8 Å². The average Bonchev–Trinajstić information content (AvgIpc) is 3.36. The molecule has 2 aromatic carbocycles. The predicted octanol–water partition coefficient (Wildman–Crippen LogP) is 4.06. The zero-order valence-corrected chi connectivity index (χ0v) is 19.4. The zero-order chi connectivity index (χ0) is 23.5. The topological polar surface area (TPSA) is 89.3 Å². The fourth-order valence-electron chi connectivity index (χ4n) is 4.67. The Hall–Kier alpha value is -3.68. The predicted molar refractivity (Wildman–Crippen MR) is 130 cm³/mol. The fraction of sp³-hybridized carbons (Fsp3) is 0.385. The van der Waals surface area contributed by atoms with Crippen molar-refractivity contribution in [3.63, 3.8) is 0 Å². The highest BCUT2D eigenvalue weighted by Crippen LogP contribution is 2.28. The maximum absolute atomic E-state index is 12.9. The van der Waals surface area contributed by atoms with Crippen LogP contribution < -0.4 is 15.0 Å². The van der Waals surface area contributed by atoms with Crippen LogP contribution in [0.4, 0.5) is 11.4 Å². The molecular weight excluding hydrogens is 430 g/mol. The number of ether oxygens (including phenoxy) is 1. The van der Waals surface area contributed by atoms with E-state index in [1.165, 1.54) is 6.42 Å². The third-order valence-electron chi connectivity index (χ3n) is 6.48. The molecule has 0 bridgehead atoms. The van der Waals surface area contributed by atoms with Gasteiger partial charge >= 0.3 is 0 Å². The molecular formula is C26H29N5O3. The fourth-order valence-corrected chi connectivity index (χ4v) is 4.67. The highest BCUT2D eigenvalue weighted by molar-refractivity contribution is 6.03. The van der Waals surface area contributed by atoms with Crippen molar-refractivity contribution in [2.75, 3.05) is 23.4 Å². The molecule has 34 heavy (non-hydrogen) atoms. The highest BCUT2D eigenvalue weighted by Gasteiger charge is 2.35. The molecule has 176 valence electrons. The number of hydrogen-bond acceptors (Lipinski definition) is 5. The molecule has 0 spiro atoms. The summed E-state index contributed by atoms with van der Waals surface area (Å²) in [6.45, 7) is 3.82. The molecule has 1 atom stereocenters. The number of aryl methyl sites for hydroxylation is 1. The van der Waals surface area contributed by atoms with Gasteiger partial charge in [0.2, 0.25) is 11.8 Å². The molecule has 8 heteroatoms. The van der Waals surface area contributed by atoms with E-state index in [1.54, 1.807) is 4.90 Å².